The number of aromatic nitrogens is 1. The van der Waals surface area contributed by atoms with E-state index < -0.39 is 29.1 Å². The molecule has 3 aromatic rings. The van der Waals surface area contributed by atoms with Crippen LogP contribution in [0.15, 0.2) is 52.4 Å². The first-order chi connectivity index (χ1) is 14.7. The van der Waals surface area contributed by atoms with Crippen LogP contribution in [0.5, 0.6) is 0 Å². The summed E-state index contributed by atoms with van der Waals surface area (Å²) in [7, 11) is 0. The quantitative estimate of drug-likeness (QED) is 0.452. The highest BCUT2D eigenvalue weighted by molar-refractivity contribution is 7.99. The molecule has 0 saturated heterocycles. The monoisotopic (exact) mass is 481 g/mol. The van der Waals surface area contributed by atoms with E-state index in [1.54, 1.807) is 0 Å². The Labute approximate surface area is 191 Å². The van der Waals surface area contributed by atoms with E-state index in [2.05, 4.69) is 10.3 Å². The van der Waals surface area contributed by atoms with Gasteiger partial charge in [-0.1, -0.05) is 47.1 Å². The molecule has 10 heteroatoms. The molecule has 1 aromatic heterocycles. The Hall–Kier alpha value is -2.68. The lowest BCUT2D eigenvalue weighted by Crippen LogP contribution is -2.35. The average Bonchev–Trinajstić information content (AvgIpc) is 2.67. The maximum absolute atomic E-state index is 13.7. The van der Waals surface area contributed by atoms with E-state index in [4.69, 9.17) is 23.2 Å². The van der Waals surface area contributed by atoms with Crippen LogP contribution in [0.4, 0.5) is 19.3 Å². The van der Waals surface area contributed by atoms with E-state index in [9.17, 15) is 18.4 Å². The van der Waals surface area contributed by atoms with Crippen LogP contribution in [0, 0.1) is 25.5 Å². The molecule has 2 aromatic carbocycles. The van der Waals surface area contributed by atoms with Gasteiger partial charge in [0.1, 0.15) is 22.2 Å². The van der Waals surface area contributed by atoms with Gasteiger partial charge in [0.15, 0.2) is 0 Å². The van der Waals surface area contributed by atoms with Gasteiger partial charge in [-0.15, -0.1) is 0 Å². The van der Waals surface area contributed by atoms with E-state index >= 15 is 0 Å². The summed E-state index contributed by atoms with van der Waals surface area (Å²) < 4.78 is 27.4. The fourth-order valence-corrected chi connectivity index (χ4v) is 4.22. The number of hydrogen-bond donors (Lipinski definition) is 2. The van der Waals surface area contributed by atoms with Crippen LogP contribution in [-0.2, 0) is 0 Å². The molecule has 2 N–H and O–H groups in total. The predicted molar refractivity (Wildman–Crippen MR) is 117 cm³/mol. The molecule has 0 atom stereocenters. The number of urea groups is 1. The third-order valence-corrected chi connectivity index (χ3v) is 6.13. The number of nitrogens with zero attached hydrogens (tertiary/aromatic N) is 1. The standard InChI is InChI=1S/C21H15Cl2F2N3O2S/c1-10-6-7-11(2)26-20(10)31-18-13(22)8-12(9-14(18)23)27-21(30)28-19(29)17-15(24)4-3-5-16(17)25/h3-9H,1-2H3,(H2,27,28,29,30). The number of hydrogen-bond acceptors (Lipinski definition) is 4. The Kier molecular flexibility index (Phi) is 7.15. The van der Waals surface area contributed by atoms with Gasteiger partial charge in [-0.05, 0) is 49.7 Å². The van der Waals surface area contributed by atoms with Crippen LogP contribution in [0.3, 0.4) is 0 Å². The largest absolute Gasteiger partial charge is 0.326 e. The molecular formula is C21H15Cl2F2N3O2S. The fraction of sp³-hybridized carbons (Fsp3) is 0.0952. The number of imide groups is 1. The first-order valence-corrected chi connectivity index (χ1v) is 10.4. The van der Waals surface area contributed by atoms with Crippen LogP contribution in [0.1, 0.15) is 21.6 Å². The molecule has 0 radical (unpaired) electrons. The second kappa shape index (κ2) is 9.64. The summed E-state index contributed by atoms with van der Waals surface area (Å²) in [6.07, 6.45) is 0. The molecule has 0 aliphatic heterocycles. The topological polar surface area (TPSA) is 71.1 Å². The summed E-state index contributed by atoms with van der Waals surface area (Å²) in [5.41, 5.74) is 1.11. The summed E-state index contributed by atoms with van der Waals surface area (Å²) in [5.74, 6) is -3.39. The third kappa shape index (κ3) is 5.52. The zero-order valence-corrected chi connectivity index (χ0v) is 18.6. The van der Waals surface area contributed by atoms with Crippen LogP contribution in [0.2, 0.25) is 10.0 Å². The number of aryl methyl sites for hydroxylation is 2. The van der Waals surface area contributed by atoms with Crippen molar-refractivity contribution >= 4 is 52.6 Å². The maximum Gasteiger partial charge on any atom is 0.326 e. The van der Waals surface area contributed by atoms with Crippen LogP contribution < -0.4 is 10.6 Å². The minimum absolute atomic E-state index is 0.188. The van der Waals surface area contributed by atoms with Gasteiger partial charge in [-0.2, -0.15) is 0 Å². The highest BCUT2D eigenvalue weighted by Gasteiger charge is 2.20. The van der Waals surface area contributed by atoms with Crippen molar-refractivity contribution in [3.8, 4) is 0 Å². The van der Waals surface area contributed by atoms with Gasteiger partial charge in [0.25, 0.3) is 5.91 Å². The summed E-state index contributed by atoms with van der Waals surface area (Å²) in [6.45, 7) is 3.78. The molecule has 0 unspecified atom stereocenters. The van der Waals surface area contributed by atoms with Crippen molar-refractivity contribution < 1.29 is 18.4 Å². The second-order valence-corrected chi connectivity index (χ2v) is 8.26. The molecule has 160 valence electrons. The first-order valence-electron chi connectivity index (χ1n) is 8.83. The van der Waals surface area contributed by atoms with Gasteiger partial charge in [0.2, 0.25) is 0 Å². The second-order valence-electron chi connectivity index (χ2n) is 6.45. The zero-order valence-electron chi connectivity index (χ0n) is 16.2. The summed E-state index contributed by atoms with van der Waals surface area (Å²) in [4.78, 5) is 29.1. The average molecular weight is 482 g/mol. The minimum atomic E-state index is -1.22. The van der Waals surface area contributed by atoms with Gasteiger partial charge < -0.3 is 5.32 Å². The SMILES string of the molecule is Cc1ccc(C)c(Sc2c(Cl)cc(NC(=O)NC(=O)c3c(F)cccc3F)cc2Cl)n1. The molecule has 5 nitrogen and oxygen atoms in total. The van der Waals surface area contributed by atoms with E-state index in [1.807, 2.05) is 31.3 Å². The van der Waals surface area contributed by atoms with Gasteiger partial charge in [-0.25, -0.2) is 18.6 Å². The Bertz CT molecular complexity index is 1150. The fourth-order valence-electron chi connectivity index (χ4n) is 2.57. The van der Waals surface area contributed by atoms with E-state index in [1.165, 1.54) is 23.9 Å². The molecular weight excluding hydrogens is 467 g/mol. The molecule has 0 aliphatic carbocycles. The van der Waals surface area contributed by atoms with E-state index in [-0.39, 0.29) is 15.7 Å². The van der Waals surface area contributed by atoms with Crippen molar-refractivity contribution in [2.75, 3.05) is 5.32 Å². The lowest BCUT2D eigenvalue weighted by Gasteiger charge is -2.12. The number of pyridine rings is 1. The Morgan fingerprint density at radius 2 is 1.61 bits per heavy atom. The summed E-state index contributed by atoms with van der Waals surface area (Å²) >= 11 is 13.9. The molecule has 0 fully saturated rings. The molecule has 1 heterocycles. The number of anilines is 1. The third-order valence-electron chi connectivity index (χ3n) is 4.06. The van der Waals surface area contributed by atoms with Crippen LogP contribution in [0.25, 0.3) is 0 Å². The number of carbonyl (C=O) groups is 2. The highest BCUT2D eigenvalue weighted by Crippen LogP contribution is 2.40. The minimum Gasteiger partial charge on any atom is -0.308 e. The summed E-state index contributed by atoms with van der Waals surface area (Å²) in [5, 5.41) is 5.47. The summed E-state index contributed by atoms with van der Waals surface area (Å²) in [6, 6.07) is 8.64. The molecule has 0 aliphatic rings. The molecule has 31 heavy (non-hydrogen) atoms. The number of halogens is 4. The molecule has 3 amide bonds. The Morgan fingerprint density at radius 3 is 2.23 bits per heavy atom. The number of rotatable bonds is 4. The van der Waals surface area contributed by atoms with Crippen molar-refractivity contribution in [2.24, 2.45) is 0 Å². The van der Waals surface area contributed by atoms with Crippen molar-refractivity contribution in [2.45, 2.75) is 23.8 Å². The molecule has 3 rings (SSSR count). The highest BCUT2D eigenvalue weighted by atomic mass is 35.5. The van der Waals surface area contributed by atoms with E-state index in [0.717, 1.165) is 34.5 Å². The predicted octanol–water partition coefficient (Wildman–Crippen LogP) is 6.40. The lowest BCUT2D eigenvalue weighted by molar-refractivity contribution is 0.0959. The van der Waals surface area contributed by atoms with Crippen LogP contribution in [-0.4, -0.2) is 16.9 Å². The maximum atomic E-state index is 13.7. The van der Waals surface area contributed by atoms with Crippen molar-refractivity contribution in [3.05, 3.63) is 81.0 Å². The smallest absolute Gasteiger partial charge is 0.308 e. The van der Waals surface area contributed by atoms with E-state index in [0.29, 0.717) is 4.90 Å². The van der Waals surface area contributed by atoms with Gasteiger partial charge in [-0.3, -0.25) is 10.1 Å². The van der Waals surface area contributed by atoms with Crippen LogP contribution >= 0.6 is 35.0 Å². The lowest BCUT2D eigenvalue weighted by atomic mass is 10.2. The number of nitrogens with one attached hydrogen (secondary N) is 2. The first kappa shape index (κ1) is 23.0. The molecule has 0 saturated carbocycles. The van der Waals surface area contributed by atoms with Gasteiger partial charge in [0.05, 0.1) is 14.9 Å². The number of benzene rings is 2. The zero-order chi connectivity index (χ0) is 22.7. The normalized spacial score (nSPS) is 10.6. The molecule has 0 bridgehead atoms. The van der Waals surface area contributed by atoms with Crippen molar-refractivity contribution in [3.63, 3.8) is 0 Å². The number of carbonyl (C=O) groups excluding carboxylic acids is 2. The van der Waals surface area contributed by atoms with Crippen molar-refractivity contribution in [1.82, 2.24) is 10.3 Å². The number of amides is 3. The Balaban J connectivity index is 1.75. The molecule has 0 spiro atoms. The Morgan fingerprint density at radius 1 is 1.00 bits per heavy atom. The van der Waals surface area contributed by atoms with Gasteiger partial charge in [0, 0.05) is 11.4 Å². The van der Waals surface area contributed by atoms with Crippen molar-refractivity contribution in [1.29, 1.82) is 0 Å². The van der Waals surface area contributed by atoms with Gasteiger partial charge >= 0.3 is 6.03 Å².